The zero-order chi connectivity index (χ0) is 23.5. The summed E-state index contributed by atoms with van der Waals surface area (Å²) < 4.78 is 5.54. The Bertz CT molecular complexity index is 994. The Kier molecular flexibility index (Phi) is 5.49. The summed E-state index contributed by atoms with van der Waals surface area (Å²) in [6.07, 6.45) is 8.84. The topological polar surface area (TPSA) is 63.7 Å². The van der Waals surface area contributed by atoms with Gasteiger partial charge in [-0.1, -0.05) is 23.8 Å². The van der Waals surface area contributed by atoms with Gasteiger partial charge in [0, 0.05) is 5.57 Å². The SMILES string of the molecule is CCOC(=O)C(C=C1CC(=O)N(c2c(C)cc(C)cc2C)C1=O)C12CC3CC(CC(C3)C1)C2. The molecule has 2 amide bonds. The van der Waals surface area contributed by atoms with Crippen LogP contribution >= 0.6 is 0 Å². The Balaban J connectivity index is 1.51. The van der Waals surface area contributed by atoms with Crippen LogP contribution in [0.5, 0.6) is 0 Å². The molecule has 5 nitrogen and oxygen atoms in total. The number of anilines is 1. The van der Waals surface area contributed by atoms with Crippen molar-refractivity contribution in [3.05, 3.63) is 40.5 Å². The molecule has 4 aliphatic carbocycles. The van der Waals surface area contributed by atoms with Gasteiger partial charge in [0.15, 0.2) is 0 Å². The number of ether oxygens (including phenoxy) is 1. The summed E-state index contributed by atoms with van der Waals surface area (Å²) in [6, 6.07) is 4.00. The minimum Gasteiger partial charge on any atom is -0.466 e. The van der Waals surface area contributed by atoms with Crippen LogP contribution in [0.4, 0.5) is 5.69 Å². The number of hydrogen-bond acceptors (Lipinski definition) is 4. The maximum Gasteiger partial charge on any atom is 0.313 e. The molecule has 5 aliphatic rings. The molecular formula is C28H35NO4. The van der Waals surface area contributed by atoms with Gasteiger partial charge < -0.3 is 4.74 Å². The summed E-state index contributed by atoms with van der Waals surface area (Å²) in [5.74, 6) is 0.875. The first-order valence-corrected chi connectivity index (χ1v) is 12.5. The Labute approximate surface area is 196 Å². The van der Waals surface area contributed by atoms with E-state index < -0.39 is 5.92 Å². The first-order valence-electron chi connectivity index (χ1n) is 12.5. The van der Waals surface area contributed by atoms with Gasteiger partial charge in [-0.05, 0) is 101 Å². The van der Waals surface area contributed by atoms with Gasteiger partial charge in [-0.3, -0.25) is 14.4 Å². The second kappa shape index (κ2) is 8.11. The number of hydrogen-bond donors (Lipinski definition) is 0. The molecule has 5 heteroatoms. The van der Waals surface area contributed by atoms with Crippen LogP contribution in [-0.4, -0.2) is 24.4 Å². The van der Waals surface area contributed by atoms with Crippen LogP contribution in [0, 0.1) is 49.9 Å². The number of aryl methyl sites for hydroxylation is 3. The zero-order valence-electron chi connectivity index (χ0n) is 20.3. The van der Waals surface area contributed by atoms with Crippen LogP contribution in [0.3, 0.4) is 0 Å². The molecule has 1 aromatic rings. The lowest BCUT2D eigenvalue weighted by molar-refractivity contribution is -0.159. The van der Waals surface area contributed by atoms with Crippen LogP contribution in [0.1, 0.15) is 68.6 Å². The maximum absolute atomic E-state index is 13.5. The molecule has 1 atom stereocenters. The van der Waals surface area contributed by atoms with Gasteiger partial charge in [-0.15, -0.1) is 0 Å². The first-order chi connectivity index (χ1) is 15.7. The lowest BCUT2D eigenvalue weighted by Crippen LogP contribution is -2.51. The Morgan fingerprint density at radius 1 is 1.06 bits per heavy atom. The first kappa shape index (κ1) is 22.4. The number of benzene rings is 1. The van der Waals surface area contributed by atoms with E-state index in [1.165, 1.54) is 24.2 Å². The molecule has 1 unspecified atom stereocenters. The molecule has 0 radical (unpaired) electrons. The maximum atomic E-state index is 13.5. The number of rotatable bonds is 5. The fourth-order valence-electron chi connectivity index (χ4n) is 7.94. The average Bonchev–Trinajstić information content (AvgIpc) is 2.98. The standard InChI is InChI=1S/C28H35NO4/c1-5-33-27(32)23(28-13-19-8-20(14-28)10-21(9-19)15-28)11-22-12-24(30)29(26(22)31)25-17(3)6-16(2)7-18(25)4/h6-7,11,19-21,23H,5,8-10,12-15H2,1-4H3. The molecule has 6 rings (SSSR count). The number of imide groups is 1. The molecule has 0 N–H and O–H groups in total. The Morgan fingerprint density at radius 3 is 2.12 bits per heavy atom. The molecule has 1 heterocycles. The van der Waals surface area contributed by atoms with Crippen molar-refractivity contribution in [2.75, 3.05) is 11.5 Å². The third-order valence-electron chi connectivity index (χ3n) is 8.58. The van der Waals surface area contributed by atoms with Gasteiger partial charge in [0.05, 0.1) is 24.6 Å². The van der Waals surface area contributed by atoms with Crippen molar-refractivity contribution in [2.45, 2.75) is 72.6 Å². The van der Waals surface area contributed by atoms with E-state index >= 15 is 0 Å². The molecule has 4 saturated carbocycles. The van der Waals surface area contributed by atoms with Gasteiger partial charge in [0.25, 0.3) is 5.91 Å². The molecule has 0 spiro atoms. The van der Waals surface area contributed by atoms with E-state index in [-0.39, 0.29) is 29.6 Å². The van der Waals surface area contributed by atoms with Crippen molar-refractivity contribution in [2.24, 2.45) is 29.1 Å². The van der Waals surface area contributed by atoms with Gasteiger partial charge in [0.1, 0.15) is 0 Å². The largest absolute Gasteiger partial charge is 0.466 e. The minimum atomic E-state index is -0.447. The lowest BCUT2D eigenvalue weighted by atomic mass is 9.46. The summed E-state index contributed by atoms with van der Waals surface area (Å²) >= 11 is 0. The van der Waals surface area contributed by atoms with E-state index in [1.54, 1.807) is 0 Å². The monoisotopic (exact) mass is 449 g/mol. The number of carbonyl (C=O) groups is 3. The molecular weight excluding hydrogens is 414 g/mol. The number of carbonyl (C=O) groups excluding carboxylic acids is 3. The summed E-state index contributed by atoms with van der Waals surface area (Å²) in [5.41, 5.74) is 3.94. The Hall–Kier alpha value is -2.43. The molecule has 1 aliphatic heterocycles. The highest BCUT2D eigenvalue weighted by Gasteiger charge is 2.56. The predicted molar refractivity (Wildman–Crippen MR) is 127 cm³/mol. The molecule has 176 valence electrons. The fraction of sp³-hybridized carbons (Fsp3) is 0.607. The molecule has 5 fully saturated rings. The molecule has 1 saturated heterocycles. The fourth-order valence-corrected chi connectivity index (χ4v) is 7.94. The van der Waals surface area contributed by atoms with Crippen molar-refractivity contribution in [3.63, 3.8) is 0 Å². The second-order valence-corrected chi connectivity index (χ2v) is 11.2. The average molecular weight is 450 g/mol. The van der Waals surface area contributed by atoms with E-state index in [4.69, 9.17) is 4.74 Å². The van der Waals surface area contributed by atoms with E-state index in [2.05, 4.69) is 0 Å². The van der Waals surface area contributed by atoms with Crippen molar-refractivity contribution >= 4 is 23.5 Å². The highest BCUT2D eigenvalue weighted by molar-refractivity contribution is 6.28. The van der Waals surface area contributed by atoms with Crippen molar-refractivity contribution in [1.82, 2.24) is 0 Å². The van der Waals surface area contributed by atoms with E-state index in [0.29, 0.717) is 35.6 Å². The number of esters is 1. The Morgan fingerprint density at radius 2 is 1.61 bits per heavy atom. The summed E-state index contributed by atoms with van der Waals surface area (Å²) in [7, 11) is 0. The zero-order valence-corrected chi connectivity index (χ0v) is 20.3. The molecule has 4 bridgehead atoms. The minimum absolute atomic E-state index is 0.0495. The summed E-state index contributed by atoms with van der Waals surface area (Å²) in [5, 5.41) is 0. The predicted octanol–water partition coefficient (Wildman–Crippen LogP) is 5.20. The number of nitrogens with zero attached hydrogens (tertiary/aromatic N) is 1. The quantitative estimate of drug-likeness (QED) is 0.352. The second-order valence-electron chi connectivity index (χ2n) is 11.2. The normalized spacial score (nSPS) is 32.7. The van der Waals surface area contributed by atoms with Crippen LogP contribution < -0.4 is 4.90 Å². The third kappa shape index (κ3) is 3.74. The smallest absolute Gasteiger partial charge is 0.313 e. The highest BCUT2D eigenvalue weighted by Crippen LogP contribution is 2.63. The van der Waals surface area contributed by atoms with Gasteiger partial charge in [0.2, 0.25) is 5.91 Å². The summed E-state index contributed by atoms with van der Waals surface area (Å²) in [4.78, 5) is 41.2. The van der Waals surface area contributed by atoms with E-state index in [9.17, 15) is 14.4 Å². The van der Waals surface area contributed by atoms with Gasteiger partial charge >= 0.3 is 5.97 Å². The lowest BCUT2D eigenvalue weighted by Gasteiger charge is -2.58. The number of amides is 2. The van der Waals surface area contributed by atoms with Gasteiger partial charge in [-0.25, -0.2) is 4.90 Å². The summed E-state index contributed by atoms with van der Waals surface area (Å²) in [6.45, 7) is 8.05. The van der Waals surface area contributed by atoms with Crippen LogP contribution in [0.15, 0.2) is 23.8 Å². The van der Waals surface area contributed by atoms with Crippen molar-refractivity contribution in [3.8, 4) is 0 Å². The van der Waals surface area contributed by atoms with Gasteiger partial charge in [-0.2, -0.15) is 0 Å². The molecule has 0 aromatic heterocycles. The van der Waals surface area contributed by atoms with Crippen molar-refractivity contribution in [1.29, 1.82) is 0 Å². The van der Waals surface area contributed by atoms with Crippen LogP contribution in [0.2, 0.25) is 0 Å². The highest BCUT2D eigenvalue weighted by atomic mass is 16.5. The van der Waals surface area contributed by atoms with E-state index in [1.807, 2.05) is 45.9 Å². The van der Waals surface area contributed by atoms with Crippen LogP contribution in [0.25, 0.3) is 0 Å². The third-order valence-corrected chi connectivity index (χ3v) is 8.58. The van der Waals surface area contributed by atoms with Crippen molar-refractivity contribution < 1.29 is 19.1 Å². The van der Waals surface area contributed by atoms with Crippen LogP contribution in [-0.2, 0) is 19.1 Å². The van der Waals surface area contributed by atoms with E-state index in [0.717, 1.165) is 36.0 Å². The molecule has 1 aromatic carbocycles. The molecule has 33 heavy (non-hydrogen) atoms.